The lowest BCUT2D eigenvalue weighted by atomic mass is 10.00. The van der Waals surface area contributed by atoms with E-state index in [9.17, 15) is 5.11 Å². The number of aromatic nitrogens is 1. The minimum atomic E-state index is -0.626. The molecule has 0 spiro atoms. The number of hydrogen-bond donors (Lipinski definition) is 1. The van der Waals surface area contributed by atoms with Gasteiger partial charge in [0.15, 0.2) is 0 Å². The molecule has 126 valence electrons. The Bertz CT molecular complexity index is 664. The molecule has 4 heteroatoms. The number of aliphatic hydroxyl groups excluding tert-OH is 1. The van der Waals surface area contributed by atoms with Crippen molar-refractivity contribution >= 4 is 5.69 Å². The zero-order chi connectivity index (χ0) is 16.4. The lowest BCUT2D eigenvalue weighted by Gasteiger charge is -2.37. The third-order valence-corrected chi connectivity index (χ3v) is 5.16. The van der Waals surface area contributed by atoms with E-state index < -0.39 is 6.10 Å². The number of pyridine rings is 1. The molecule has 0 amide bonds. The van der Waals surface area contributed by atoms with Gasteiger partial charge in [-0.05, 0) is 30.9 Å². The van der Waals surface area contributed by atoms with Crippen LogP contribution >= 0.6 is 0 Å². The molecule has 1 saturated heterocycles. The van der Waals surface area contributed by atoms with Gasteiger partial charge in [0.2, 0.25) is 0 Å². The van der Waals surface area contributed by atoms with Gasteiger partial charge in [0.25, 0.3) is 0 Å². The molecule has 4 nitrogen and oxygen atoms in total. The first-order chi connectivity index (χ1) is 11.8. The zero-order valence-corrected chi connectivity index (χ0v) is 14.0. The maximum atomic E-state index is 10.8. The van der Waals surface area contributed by atoms with Crippen LogP contribution in [0.25, 0.3) is 0 Å². The van der Waals surface area contributed by atoms with Crippen molar-refractivity contribution in [3.8, 4) is 0 Å². The van der Waals surface area contributed by atoms with Gasteiger partial charge in [0.1, 0.15) is 6.10 Å². The first-order valence-electron chi connectivity index (χ1n) is 8.95. The molecule has 24 heavy (non-hydrogen) atoms. The van der Waals surface area contributed by atoms with Gasteiger partial charge >= 0.3 is 0 Å². The smallest absolute Gasteiger partial charge is 0.108 e. The van der Waals surface area contributed by atoms with Crippen LogP contribution in [-0.4, -0.2) is 47.7 Å². The van der Waals surface area contributed by atoms with Crippen LogP contribution in [0.15, 0.2) is 48.8 Å². The van der Waals surface area contributed by atoms with E-state index in [-0.39, 0.29) is 0 Å². The van der Waals surface area contributed by atoms with E-state index in [1.54, 1.807) is 12.4 Å². The molecule has 1 aromatic carbocycles. The van der Waals surface area contributed by atoms with Crippen LogP contribution < -0.4 is 4.90 Å². The fraction of sp³-hybridized carbons (Fsp3) is 0.450. The number of anilines is 1. The Labute approximate surface area is 143 Å². The topological polar surface area (TPSA) is 39.6 Å². The van der Waals surface area contributed by atoms with Gasteiger partial charge in [-0.2, -0.15) is 0 Å². The highest BCUT2D eigenvalue weighted by Crippen LogP contribution is 2.32. The second-order valence-corrected chi connectivity index (χ2v) is 6.98. The third-order valence-electron chi connectivity index (χ3n) is 5.16. The molecule has 1 aromatic heterocycles. The molecular formula is C20H25N3O. The van der Waals surface area contributed by atoms with E-state index in [0.29, 0.717) is 0 Å². The number of para-hydroxylation sites is 1. The van der Waals surface area contributed by atoms with Gasteiger partial charge in [-0.25, -0.2) is 0 Å². The Morgan fingerprint density at radius 3 is 2.54 bits per heavy atom. The van der Waals surface area contributed by atoms with Gasteiger partial charge in [-0.3, -0.25) is 9.88 Å². The minimum absolute atomic E-state index is 0.626. The van der Waals surface area contributed by atoms with Crippen LogP contribution in [0, 0.1) is 5.92 Å². The van der Waals surface area contributed by atoms with Crippen molar-refractivity contribution < 1.29 is 5.11 Å². The summed E-state index contributed by atoms with van der Waals surface area (Å²) in [5, 5.41) is 10.8. The Morgan fingerprint density at radius 2 is 1.83 bits per heavy atom. The van der Waals surface area contributed by atoms with Crippen molar-refractivity contribution in [2.24, 2.45) is 5.92 Å². The van der Waals surface area contributed by atoms with Crippen molar-refractivity contribution in [2.45, 2.75) is 18.9 Å². The van der Waals surface area contributed by atoms with E-state index >= 15 is 0 Å². The predicted molar refractivity (Wildman–Crippen MR) is 96.1 cm³/mol. The molecule has 0 bridgehead atoms. The molecule has 1 N–H and O–H groups in total. The Hall–Kier alpha value is -1.91. The van der Waals surface area contributed by atoms with Gasteiger partial charge in [0.05, 0.1) is 0 Å². The van der Waals surface area contributed by atoms with Gasteiger partial charge in [-0.1, -0.05) is 24.3 Å². The molecule has 2 aliphatic rings. The summed E-state index contributed by atoms with van der Waals surface area (Å²) >= 11 is 0. The molecule has 1 saturated carbocycles. The van der Waals surface area contributed by atoms with E-state index in [2.05, 4.69) is 26.9 Å². The second kappa shape index (κ2) is 6.91. The van der Waals surface area contributed by atoms with Gasteiger partial charge in [-0.15, -0.1) is 0 Å². The summed E-state index contributed by atoms with van der Waals surface area (Å²) in [6.45, 7) is 5.57. The molecule has 2 fully saturated rings. The fourth-order valence-electron chi connectivity index (χ4n) is 3.56. The highest BCUT2D eigenvalue weighted by molar-refractivity contribution is 5.56. The number of aliphatic hydroxyl groups is 1. The monoisotopic (exact) mass is 323 g/mol. The maximum Gasteiger partial charge on any atom is 0.108 e. The number of piperazine rings is 1. The summed E-state index contributed by atoms with van der Waals surface area (Å²) in [6.07, 6.45) is 5.69. The van der Waals surface area contributed by atoms with Crippen LogP contribution in [0.5, 0.6) is 0 Å². The average Bonchev–Trinajstić information content (AvgIpc) is 3.47. The Morgan fingerprint density at radius 1 is 1.04 bits per heavy atom. The van der Waals surface area contributed by atoms with Crippen molar-refractivity contribution in [1.82, 2.24) is 9.88 Å². The lowest BCUT2D eigenvalue weighted by Crippen LogP contribution is -2.47. The predicted octanol–water partition coefficient (Wildman–Crippen LogP) is 2.70. The first-order valence-corrected chi connectivity index (χ1v) is 8.95. The maximum absolute atomic E-state index is 10.8. The molecule has 1 atom stereocenters. The highest BCUT2D eigenvalue weighted by atomic mass is 16.3. The largest absolute Gasteiger partial charge is 0.384 e. The molecule has 1 aliphatic heterocycles. The third kappa shape index (κ3) is 3.45. The van der Waals surface area contributed by atoms with Crippen molar-refractivity contribution in [2.75, 3.05) is 37.6 Å². The first kappa shape index (κ1) is 15.6. The Balaban J connectivity index is 1.49. The van der Waals surface area contributed by atoms with Crippen LogP contribution in [0.2, 0.25) is 0 Å². The summed E-state index contributed by atoms with van der Waals surface area (Å²) in [5.74, 6) is 0.955. The lowest BCUT2D eigenvalue weighted by molar-refractivity contribution is 0.218. The van der Waals surface area contributed by atoms with Crippen LogP contribution in [-0.2, 0) is 0 Å². The zero-order valence-electron chi connectivity index (χ0n) is 14.0. The standard InChI is InChI=1S/C20H25N3O/c24-20(17-4-3-9-21-14-17)18-5-1-2-6-19(18)23-12-10-22(11-13-23)15-16-7-8-16/h1-6,9,14,16,20,24H,7-8,10-13,15H2. The summed E-state index contributed by atoms with van der Waals surface area (Å²) in [5.41, 5.74) is 2.97. The number of rotatable bonds is 5. The average molecular weight is 323 g/mol. The van der Waals surface area contributed by atoms with E-state index in [4.69, 9.17) is 0 Å². The quantitative estimate of drug-likeness (QED) is 0.918. The second-order valence-electron chi connectivity index (χ2n) is 6.98. The highest BCUT2D eigenvalue weighted by Gasteiger charge is 2.27. The molecule has 1 unspecified atom stereocenters. The fourth-order valence-corrected chi connectivity index (χ4v) is 3.56. The summed E-state index contributed by atoms with van der Waals surface area (Å²) < 4.78 is 0. The number of nitrogens with zero attached hydrogens (tertiary/aromatic N) is 3. The number of hydrogen-bond acceptors (Lipinski definition) is 4. The minimum Gasteiger partial charge on any atom is -0.384 e. The summed E-state index contributed by atoms with van der Waals surface area (Å²) in [7, 11) is 0. The van der Waals surface area contributed by atoms with Crippen molar-refractivity contribution in [3.05, 3.63) is 59.9 Å². The van der Waals surface area contributed by atoms with Crippen LogP contribution in [0.1, 0.15) is 30.1 Å². The van der Waals surface area contributed by atoms with E-state index in [0.717, 1.165) is 48.9 Å². The molecule has 0 radical (unpaired) electrons. The van der Waals surface area contributed by atoms with E-state index in [1.165, 1.54) is 19.4 Å². The molecule has 2 aromatic rings. The van der Waals surface area contributed by atoms with Crippen molar-refractivity contribution in [1.29, 1.82) is 0 Å². The summed E-state index contributed by atoms with van der Waals surface area (Å²) in [4.78, 5) is 9.14. The SMILES string of the molecule is OC(c1cccnc1)c1ccccc1N1CCN(CC2CC2)CC1. The van der Waals surface area contributed by atoms with Crippen LogP contribution in [0.4, 0.5) is 5.69 Å². The van der Waals surface area contributed by atoms with Crippen LogP contribution in [0.3, 0.4) is 0 Å². The van der Waals surface area contributed by atoms with Crippen molar-refractivity contribution in [3.63, 3.8) is 0 Å². The summed E-state index contributed by atoms with van der Waals surface area (Å²) in [6, 6.07) is 12.0. The van der Waals surface area contributed by atoms with E-state index in [1.807, 2.05) is 24.3 Å². The Kier molecular flexibility index (Phi) is 4.50. The normalized spacial score (nSPS) is 20.1. The molecule has 2 heterocycles. The molecule has 1 aliphatic carbocycles. The van der Waals surface area contributed by atoms with Gasteiger partial charge in [0, 0.05) is 61.9 Å². The van der Waals surface area contributed by atoms with Gasteiger partial charge < -0.3 is 10.0 Å². The molecular weight excluding hydrogens is 298 g/mol. The molecule has 4 rings (SSSR count). The number of benzene rings is 1.